The van der Waals surface area contributed by atoms with E-state index in [1.54, 1.807) is 21.8 Å². The van der Waals surface area contributed by atoms with E-state index in [2.05, 4.69) is 5.10 Å². The van der Waals surface area contributed by atoms with Gasteiger partial charge in [-0.15, -0.1) is 11.8 Å². The molecule has 0 bridgehead atoms. The van der Waals surface area contributed by atoms with Crippen LogP contribution in [0.5, 0.6) is 0 Å². The van der Waals surface area contributed by atoms with Gasteiger partial charge in [-0.25, -0.2) is 13.6 Å². The second-order valence-electron chi connectivity index (χ2n) is 5.64. The van der Waals surface area contributed by atoms with Crippen LogP contribution in [0.15, 0.2) is 40.4 Å². The largest absolute Gasteiger partial charge is 0.337 e. The average Bonchev–Trinajstić information content (AvgIpc) is 2.96. The fourth-order valence-electron chi connectivity index (χ4n) is 2.76. The first-order valence-corrected chi connectivity index (χ1v) is 9.90. The maximum atomic E-state index is 12.4. The highest BCUT2D eigenvalue weighted by Crippen LogP contribution is 2.26. The van der Waals surface area contributed by atoms with Crippen LogP contribution in [-0.2, 0) is 34.8 Å². The van der Waals surface area contributed by atoms with Crippen molar-refractivity contribution in [2.24, 2.45) is 12.2 Å². The summed E-state index contributed by atoms with van der Waals surface area (Å²) < 4.78 is 25.0. The van der Waals surface area contributed by atoms with Crippen LogP contribution in [0.3, 0.4) is 0 Å². The van der Waals surface area contributed by atoms with E-state index in [0.29, 0.717) is 25.3 Å². The number of nitrogens with zero attached hydrogens (tertiary/aromatic N) is 3. The van der Waals surface area contributed by atoms with Gasteiger partial charge in [0.05, 0.1) is 16.8 Å². The van der Waals surface area contributed by atoms with Gasteiger partial charge in [0.1, 0.15) is 0 Å². The first-order chi connectivity index (χ1) is 11.3. The average molecular weight is 366 g/mol. The number of nitrogens with two attached hydrogens (primary N) is 1. The highest BCUT2D eigenvalue weighted by molar-refractivity contribution is 8.00. The van der Waals surface area contributed by atoms with E-state index >= 15 is 0 Å². The van der Waals surface area contributed by atoms with E-state index in [0.717, 1.165) is 16.0 Å². The topological polar surface area (TPSA) is 98.3 Å². The van der Waals surface area contributed by atoms with Gasteiger partial charge >= 0.3 is 0 Å². The second-order valence-corrected chi connectivity index (χ2v) is 8.22. The van der Waals surface area contributed by atoms with Crippen molar-refractivity contribution in [1.82, 2.24) is 14.7 Å². The molecule has 0 spiro atoms. The van der Waals surface area contributed by atoms with Crippen LogP contribution in [0.1, 0.15) is 11.1 Å². The van der Waals surface area contributed by atoms with Crippen LogP contribution in [0.4, 0.5) is 0 Å². The lowest BCUT2D eigenvalue weighted by molar-refractivity contribution is -0.129. The Morgan fingerprint density at radius 2 is 2.21 bits per heavy atom. The normalized spacial score (nSPS) is 14.5. The number of primary sulfonamides is 1. The van der Waals surface area contributed by atoms with Gasteiger partial charge in [-0.2, -0.15) is 5.10 Å². The summed E-state index contributed by atoms with van der Waals surface area (Å²) in [5.74, 6) is 0.353. The van der Waals surface area contributed by atoms with E-state index in [1.807, 2.05) is 19.3 Å². The summed E-state index contributed by atoms with van der Waals surface area (Å²) in [5.41, 5.74) is 1.57. The molecule has 2 heterocycles. The molecular formula is C15H18N4O3S2. The van der Waals surface area contributed by atoms with Crippen LogP contribution >= 0.6 is 11.8 Å². The highest BCUT2D eigenvalue weighted by Gasteiger charge is 2.25. The van der Waals surface area contributed by atoms with Crippen LogP contribution in [0.2, 0.25) is 0 Å². The fraction of sp³-hybridized carbons (Fsp3) is 0.333. The minimum atomic E-state index is -3.74. The van der Waals surface area contributed by atoms with E-state index in [9.17, 15) is 13.2 Å². The maximum Gasteiger partial charge on any atom is 0.238 e. The Kier molecular flexibility index (Phi) is 4.66. The number of hydrogen-bond acceptors (Lipinski definition) is 5. The Balaban J connectivity index is 1.70. The van der Waals surface area contributed by atoms with Crippen molar-refractivity contribution in [2.75, 3.05) is 12.3 Å². The molecule has 1 aliphatic heterocycles. The molecule has 0 saturated carbocycles. The van der Waals surface area contributed by atoms with Crippen LogP contribution < -0.4 is 5.14 Å². The Morgan fingerprint density at radius 3 is 2.88 bits per heavy atom. The number of benzene rings is 1. The number of fused-ring (bicyclic) bond motifs is 1. The smallest absolute Gasteiger partial charge is 0.238 e. The first-order valence-electron chi connectivity index (χ1n) is 7.37. The summed E-state index contributed by atoms with van der Waals surface area (Å²) in [4.78, 5) is 15.3. The number of amides is 1. The number of aryl methyl sites for hydroxylation is 1. The summed E-state index contributed by atoms with van der Waals surface area (Å²) in [7, 11) is -1.91. The van der Waals surface area contributed by atoms with E-state index < -0.39 is 10.0 Å². The molecule has 0 unspecified atom stereocenters. The van der Waals surface area contributed by atoms with Gasteiger partial charge in [0.15, 0.2) is 0 Å². The number of thioether (sulfide) groups is 1. The van der Waals surface area contributed by atoms with Gasteiger partial charge < -0.3 is 4.90 Å². The molecule has 0 atom stereocenters. The van der Waals surface area contributed by atoms with Crippen LogP contribution in [0.25, 0.3) is 0 Å². The van der Waals surface area contributed by atoms with E-state index in [1.165, 1.54) is 17.8 Å². The lowest BCUT2D eigenvalue weighted by Crippen LogP contribution is -2.37. The molecule has 1 aliphatic rings. The molecule has 0 aliphatic carbocycles. The monoisotopic (exact) mass is 366 g/mol. The molecule has 0 radical (unpaired) electrons. The number of sulfonamides is 1. The van der Waals surface area contributed by atoms with Gasteiger partial charge in [0.25, 0.3) is 0 Å². The summed E-state index contributed by atoms with van der Waals surface area (Å²) in [6.45, 7) is 0.900. The maximum absolute atomic E-state index is 12.4. The van der Waals surface area contributed by atoms with Crippen molar-refractivity contribution < 1.29 is 13.2 Å². The zero-order valence-electron chi connectivity index (χ0n) is 13.2. The van der Waals surface area contributed by atoms with Gasteiger partial charge in [0.2, 0.25) is 15.9 Å². The number of carbonyl (C=O) groups is 1. The third-order valence-electron chi connectivity index (χ3n) is 3.93. The summed E-state index contributed by atoms with van der Waals surface area (Å²) in [6.07, 6.45) is 4.08. The van der Waals surface area contributed by atoms with Gasteiger partial charge in [0, 0.05) is 31.2 Å². The molecule has 0 saturated heterocycles. The quantitative estimate of drug-likeness (QED) is 0.805. The fourth-order valence-corrected chi connectivity index (χ4v) is 4.43. The minimum absolute atomic E-state index is 0.0236. The van der Waals surface area contributed by atoms with E-state index in [-0.39, 0.29) is 10.8 Å². The third-order valence-corrected chi connectivity index (χ3v) is 5.86. The predicted molar refractivity (Wildman–Crippen MR) is 90.9 cm³/mol. The first kappa shape index (κ1) is 17.0. The third kappa shape index (κ3) is 3.63. The SMILES string of the molecule is Cn1cc(SCC(=O)N2CCc3c(cccc3S(N)(=O)=O)C2)cn1. The zero-order valence-corrected chi connectivity index (χ0v) is 14.8. The minimum Gasteiger partial charge on any atom is -0.337 e. The summed E-state index contributed by atoms with van der Waals surface area (Å²) in [5, 5.41) is 9.34. The lowest BCUT2D eigenvalue weighted by Gasteiger charge is -2.29. The molecule has 2 N–H and O–H groups in total. The van der Waals surface area contributed by atoms with E-state index in [4.69, 9.17) is 5.14 Å². The summed E-state index contributed by atoms with van der Waals surface area (Å²) >= 11 is 1.44. The molecule has 1 amide bonds. The van der Waals surface area contributed by atoms with Gasteiger partial charge in [-0.05, 0) is 23.6 Å². The second kappa shape index (κ2) is 6.58. The lowest BCUT2D eigenvalue weighted by atomic mass is 10.00. The molecule has 7 nitrogen and oxygen atoms in total. The predicted octanol–water partition coefficient (Wildman–Crippen LogP) is 0.744. The molecular weight excluding hydrogens is 348 g/mol. The van der Waals surface area contributed by atoms with Crippen molar-refractivity contribution in [1.29, 1.82) is 0 Å². The molecule has 2 aromatic rings. The Bertz CT molecular complexity index is 877. The number of aromatic nitrogens is 2. The highest BCUT2D eigenvalue weighted by atomic mass is 32.2. The standard InChI is InChI=1S/C15H18N4O3S2/c1-18-9-12(7-17-18)23-10-15(20)19-6-5-13-11(8-19)3-2-4-14(13)24(16,21)22/h2-4,7,9H,5-6,8,10H2,1H3,(H2,16,21,22). The molecule has 128 valence electrons. The molecule has 24 heavy (non-hydrogen) atoms. The molecule has 1 aromatic heterocycles. The molecule has 1 aromatic carbocycles. The Labute approximate surface area is 144 Å². The van der Waals surface area contributed by atoms with Crippen LogP contribution in [-0.4, -0.2) is 41.3 Å². The molecule has 3 rings (SSSR count). The van der Waals surface area contributed by atoms with Crippen LogP contribution in [0, 0.1) is 0 Å². The number of rotatable bonds is 4. The Morgan fingerprint density at radius 1 is 1.42 bits per heavy atom. The van der Waals surface area contributed by atoms with Crippen molar-refractivity contribution in [3.8, 4) is 0 Å². The zero-order chi connectivity index (χ0) is 17.3. The van der Waals surface area contributed by atoms with Crippen molar-refractivity contribution in [3.63, 3.8) is 0 Å². The van der Waals surface area contributed by atoms with Gasteiger partial charge in [-0.3, -0.25) is 9.48 Å². The number of carbonyl (C=O) groups excluding carboxylic acids is 1. The number of hydrogen-bond donors (Lipinski definition) is 1. The van der Waals surface area contributed by atoms with Crippen molar-refractivity contribution >= 4 is 27.7 Å². The van der Waals surface area contributed by atoms with Gasteiger partial charge in [-0.1, -0.05) is 12.1 Å². The molecule has 0 fully saturated rings. The Hall–Kier alpha value is -1.84. The van der Waals surface area contributed by atoms with Crippen molar-refractivity contribution in [3.05, 3.63) is 41.7 Å². The van der Waals surface area contributed by atoms with Crippen molar-refractivity contribution in [2.45, 2.75) is 22.8 Å². The molecule has 9 heteroatoms. The summed E-state index contributed by atoms with van der Waals surface area (Å²) in [6, 6.07) is 5.03.